The molecule has 1 saturated heterocycles. The van der Waals surface area contributed by atoms with Crippen molar-refractivity contribution in [2.75, 3.05) is 18.4 Å². The fraction of sp³-hybridized carbons (Fsp3) is 0.182. The van der Waals surface area contributed by atoms with Crippen LogP contribution in [0.25, 0.3) is 26.9 Å². The van der Waals surface area contributed by atoms with Gasteiger partial charge in [0.1, 0.15) is 11.9 Å². The van der Waals surface area contributed by atoms with Crippen LogP contribution in [0.3, 0.4) is 0 Å². The molecule has 2 aromatic heterocycles. The standard InChI is InChI=1S/C22H18N4O3S2/c27-31(28)11-20(29-14-3-5-23-10-14)16-8-18-15(9-22(16)31)17(4-6-24-18)26-13-1-2-21-19(7-13)25-12-30-21/h1-2,4,6-9,11-12,14,23H,3,5,10H2,(H,24,26). The van der Waals surface area contributed by atoms with E-state index < -0.39 is 9.84 Å². The summed E-state index contributed by atoms with van der Waals surface area (Å²) in [5.41, 5.74) is 5.68. The predicted molar refractivity (Wildman–Crippen MR) is 122 cm³/mol. The van der Waals surface area contributed by atoms with Gasteiger partial charge < -0.3 is 15.4 Å². The molecule has 31 heavy (non-hydrogen) atoms. The zero-order chi connectivity index (χ0) is 21.0. The first-order valence-electron chi connectivity index (χ1n) is 9.94. The number of aromatic nitrogens is 2. The number of thiazole rings is 1. The highest BCUT2D eigenvalue weighted by Crippen LogP contribution is 2.39. The molecule has 2 aliphatic rings. The number of hydrogen-bond acceptors (Lipinski definition) is 8. The Kier molecular flexibility index (Phi) is 4.24. The smallest absolute Gasteiger partial charge is 0.204 e. The van der Waals surface area contributed by atoms with Gasteiger partial charge in [0.25, 0.3) is 0 Å². The number of hydrogen-bond donors (Lipinski definition) is 2. The van der Waals surface area contributed by atoms with Crippen LogP contribution in [0.5, 0.6) is 0 Å². The molecule has 0 spiro atoms. The van der Waals surface area contributed by atoms with Crippen LogP contribution in [-0.2, 0) is 14.6 Å². The van der Waals surface area contributed by atoms with Crippen molar-refractivity contribution in [1.29, 1.82) is 0 Å². The maximum absolute atomic E-state index is 12.8. The second kappa shape index (κ2) is 7.01. The molecule has 0 aliphatic carbocycles. The molecule has 0 bridgehead atoms. The minimum atomic E-state index is -3.57. The van der Waals surface area contributed by atoms with E-state index in [9.17, 15) is 8.42 Å². The van der Waals surface area contributed by atoms with E-state index in [0.29, 0.717) is 16.8 Å². The summed E-state index contributed by atoms with van der Waals surface area (Å²) in [6.45, 7) is 1.59. The van der Waals surface area contributed by atoms with Gasteiger partial charge in [-0.15, -0.1) is 11.3 Å². The molecule has 0 radical (unpaired) electrons. The SMILES string of the molecule is O=S1(=O)C=C(OC2CCNC2)c2cc3nccc(Nc4ccc5scnc5c4)c3cc21. The third-order valence-corrected chi connectivity index (χ3v) is 7.88. The summed E-state index contributed by atoms with van der Waals surface area (Å²) < 4.78 is 32.8. The Hall–Kier alpha value is -3.01. The Balaban J connectivity index is 1.42. The summed E-state index contributed by atoms with van der Waals surface area (Å²) >= 11 is 1.59. The molecule has 6 rings (SSSR count). The van der Waals surface area contributed by atoms with Crippen LogP contribution in [0.2, 0.25) is 0 Å². The van der Waals surface area contributed by atoms with E-state index in [1.165, 1.54) is 5.41 Å². The number of rotatable bonds is 4. The van der Waals surface area contributed by atoms with Gasteiger partial charge in [-0.3, -0.25) is 4.98 Å². The molecule has 2 aliphatic heterocycles. The van der Waals surface area contributed by atoms with Gasteiger partial charge in [0, 0.05) is 35.1 Å². The summed E-state index contributed by atoms with van der Waals surface area (Å²) in [7, 11) is -3.57. The number of fused-ring (bicyclic) bond motifs is 3. The summed E-state index contributed by atoms with van der Waals surface area (Å²) in [6.07, 6.45) is 2.55. The highest BCUT2D eigenvalue weighted by atomic mass is 32.2. The third-order valence-electron chi connectivity index (χ3n) is 5.60. The molecular weight excluding hydrogens is 432 g/mol. The van der Waals surface area contributed by atoms with Crippen molar-refractivity contribution in [3.8, 4) is 0 Å². The van der Waals surface area contributed by atoms with E-state index in [4.69, 9.17) is 4.74 Å². The average molecular weight is 451 g/mol. The number of pyridine rings is 1. The Morgan fingerprint density at radius 2 is 2.06 bits per heavy atom. The number of sulfone groups is 1. The zero-order valence-electron chi connectivity index (χ0n) is 16.3. The molecule has 2 aromatic carbocycles. The summed E-state index contributed by atoms with van der Waals surface area (Å²) in [5, 5.41) is 8.60. The first-order chi connectivity index (χ1) is 15.1. The highest BCUT2D eigenvalue weighted by Gasteiger charge is 2.31. The molecule has 9 heteroatoms. The van der Waals surface area contributed by atoms with E-state index in [1.807, 2.05) is 29.8 Å². The van der Waals surface area contributed by atoms with Gasteiger partial charge in [-0.2, -0.15) is 0 Å². The minimum Gasteiger partial charge on any atom is -0.488 e. The largest absolute Gasteiger partial charge is 0.488 e. The van der Waals surface area contributed by atoms with Crippen LogP contribution < -0.4 is 10.6 Å². The maximum atomic E-state index is 12.8. The summed E-state index contributed by atoms with van der Waals surface area (Å²) in [5.74, 6) is 0.403. The fourth-order valence-corrected chi connectivity index (χ4v) is 6.07. The van der Waals surface area contributed by atoms with Gasteiger partial charge in [-0.25, -0.2) is 13.4 Å². The molecule has 4 aromatic rings. The van der Waals surface area contributed by atoms with E-state index in [0.717, 1.165) is 46.5 Å². The molecule has 1 fully saturated rings. The molecule has 0 saturated carbocycles. The first kappa shape index (κ1) is 18.7. The Labute approximate surface area is 182 Å². The van der Waals surface area contributed by atoms with Crippen molar-refractivity contribution in [2.45, 2.75) is 17.4 Å². The number of anilines is 2. The van der Waals surface area contributed by atoms with Gasteiger partial charge in [0.05, 0.1) is 31.5 Å². The van der Waals surface area contributed by atoms with Crippen LogP contribution in [-0.4, -0.2) is 37.6 Å². The van der Waals surface area contributed by atoms with E-state index in [2.05, 4.69) is 20.6 Å². The minimum absolute atomic E-state index is 0.0234. The van der Waals surface area contributed by atoms with Crippen LogP contribution in [0.1, 0.15) is 12.0 Å². The molecule has 1 atom stereocenters. The third kappa shape index (κ3) is 3.25. The molecule has 2 N–H and O–H groups in total. The van der Waals surface area contributed by atoms with E-state index in [1.54, 1.807) is 29.7 Å². The van der Waals surface area contributed by atoms with Gasteiger partial charge >= 0.3 is 0 Å². The van der Waals surface area contributed by atoms with Gasteiger partial charge in [0.15, 0.2) is 0 Å². The van der Waals surface area contributed by atoms with Crippen molar-refractivity contribution in [3.63, 3.8) is 0 Å². The summed E-state index contributed by atoms with van der Waals surface area (Å²) in [6, 6.07) is 11.3. The molecule has 4 heterocycles. The zero-order valence-corrected chi connectivity index (χ0v) is 18.0. The lowest BCUT2D eigenvalue weighted by molar-refractivity contribution is 0.186. The topological polar surface area (TPSA) is 93.2 Å². The number of nitrogens with zero attached hydrogens (tertiary/aromatic N) is 2. The number of benzene rings is 2. The second-order valence-corrected chi connectivity index (χ2v) is 10.3. The van der Waals surface area contributed by atoms with E-state index >= 15 is 0 Å². The van der Waals surface area contributed by atoms with Crippen molar-refractivity contribution < 1.29 is 13.2 Å². The molecule has 156 valence electrons. The summed E-state index contributed by atoms with van der Waals surface area (Å²) in [4.78, 5) is 9.09. The Morgan fingerprint density at radius 1 is 1.13 bits per heavy atom. The molecule has 1 unspecified atom stereocenters. The van der Waals surface area contributed by atoms with Crippen LogP contribution in [0.4, 0.5) is 11.4 Å². The predicted octanol–water partition coefficient (Wildman–Crippen LogP) is 4.05. The number of ether oxygens (including phenoxy) is 1. The average Bonchev–Trinajstić information content (AvgIpc) is 3.48. The highest BCUT2D eigenvalue weighted by molar-refractivity contribution is 7.95. The van der Waals surface area contributed by atoms with Crippen molar-refractivity contribution in [3.05, 3.63) is 59.1 Å². The molecule has 0 amide bonds. The second-order valence-electron chi connectivity index (χ2n) is 7.64. The normalized spacial score (nSPS) is 19.5. The monoisotopic (exact) mass is 450 g/mol. The van der Waals surface area contributed by atoms with Gasteiger partial charge in [-0.1, -0.05) is 0 Å². The van der Waals surface area contributed by atoms with Gasteiger partial charge in [-0.05, 0) is 49.4 Å². The lowest BCUT2D eigenvalue weighted by Gasteiger charge is -2.15. The van der Waals surface area contributed by atoms with Crippen molar-refractivity contribution in [2.24, 2.45) is 0 Å². The number of nitrogens with one attached hydrogen (secondary N) is 2. The Morgan fingerprint density at radius 3 is 2.94 bits per heavy atom. The molecule has 7 nitrogen and oxygen atoms in total. The lowest BCUT2D eigenvalue weighted by Crippen LogP contribution is -2.15. The maximum Gasteiger partial charge on any atom is 0.204 e. The lowest BCUT2D eigenvalue weighted by atomic mass is 10.1. The molecular formula is C22H18N4O3S2. The van der Waals surface area contributed by atoms with Crippen molar-refractivity contribution >= 4 is 59.4 Å². The van der Waals surface area contributed by atoms with Gasteiger partial charge in [0.2, 0.25) is 9.84 Å². The van der Waals surface area contributed by atoms with Crippen LogP contribution >= 0.6 is 11.3 Å². The van der Waals surface area contributed by atoms with Crippen molar-refractivity contribution in [1.82, 2.24) is 15.3 Å². The quantitative estimate of drug-likeness (QED) is 0.484. The van der Waals surface area contributed by atoms with E-state index in [-0.39, 0.29) is 11.0 Å². The first-order valence-corrected chi connectivity index (χ1v) is 12.4. The Bertz CT molecular complexity index is 1470. The van der Waals surface area contributed by atoms with Crippen LogP contribution in [0.15, 0.2) is 58.4 Å². The fourth-order valence-electron chi connectivity index (χ4n) is 4.07. The van der Waals surface area contributed by atoms with Crippen LogP contribution in [0, 0.1) is 0 Å².